The van der Waals surface area contributed by atoms with E-state index in [4.69, 9.17) is 4.74 Å². The smallest absolute Gasteiger partial charge is 0.255 e. The number of carbonyl (C=O) groups is 2. The van der Waals surface area contributed by atoms with Gasteiger partial charge < -0.3 is 15.4 Å². The van der Waals surface area contributed by atoms with E-state index in [9.17, 15) is 9.59 Å². The molecule has 0 fully saturated rings. The molecular weight excluding hydrogens is 450 g/mol. The van der Waals surface area contributed by atoms with E-state index in [1.165, 1.54) is 11.8 Å². The largest absolute Gasteiger partial charge is 0.495 e. The van der Waals surface area contributed by atoms with Crippen LogP contribution in [0.5, 0.6) is 5.75 Å². The molecule has 0 aliphatic rings. The van der Waals surface area contributed by atoms with Gasteiger partial charge in [-0.1, -0.05) is 41.6 Å². The third-order valence-electron chi connectivity index (χ3n) is 4.95. The number of hydrogen-bond donors (Lipinski definition) is 2. The molecule has 34 heavy (non-hydrogen) atoms. The number of carbonyl (C=O) groups excluding carboxylic acids is 2. The first kappa shape index (κ1) is 23.1. The van der Waals surface area contributed by atoms with Crippen molar-refractivity contribution < 1.29 is 14.3 Å². The van der Waals surface area contributed by atoms with Crippen LogP contribution in [-0.2, 0) is 4.79 Å². The monoisotopic (exact) mass is 473 g/mol. The highest BCUT2D eigenvalue weighted by Crippen LogP contribution is 2.24. The van der Waals surface area contributed by atoms with E-state index >= 15 is 0 Å². The van der Waals surface area contributed by atoms with E-state index in [2.05, 4.69) is 20.8 Å². The van der Waals surface area contributed by atoms with E-state index in [1.807, 2.05) is 47.9 Å². The lowest BCUT2D eigenvalue weighted by Gasteiger charge is -2.10. The van der Waals surface area contributed by atoms with E-state index < -0.39 is 0 Å². The number of thioether (sulfide) groups is 1. The number of nitrogens with zero attached hydrogens (tertiary/aromatic N) is 3. The number of aryl methyl sites for hydroxylation is 1. The maximum atomic E-state index is 12.5. The number of hydrogen-bond acceptors (Lipinski definition) is 6. The molecule has 0 aliphatic carbocycles. The maximum absolute atomic E-state index is 12.5. The third-order valence-corrected chi connectivity index (χ3v) is 5.89. The van der Waals surface area contributed by atoms with Gasteiger partial charge in [0.15, 0.2) is 5.16 Å². The summed E-state index contributed by atoms with van der Waals surface area (Å²) in [6.07, 6.45) is 1.62. The normalized spacial score (nSPS) is 10.5. The number of benzene rings is 3. The summed E-state index contributed by atoms with van der Waals surface area (Å²) in [5.41, 5.74) is 3.74. The van der Waals surface area contributed by atoms with Gasteiger partial charge in [-0.15, -0.1) is 10.2 Å². The van der Waals surface area contributed by atoms with Crippen LogP contribution in [-0.4, -0.2) is 39.4 Å². The van der Waals surface area contributed by atoms with Crippen molar-refractivity contribution in [3.05, 3.63) is 90.3 Å². The Labute approximate surface area is 201 Å². The molecule has 2 N–H and O–H groups in total. The zero-order chi connectivity index (χ0) is 23.9. The van der Waals surface area contributed by atoms with Crippen molar-refractivity contribution in [3.8, 4) is 11.4 Å². The second-order valence-corrected chi connectivity index (χ2v) is 8.33. The van der Waals surface area contributed by atoms with Gasteiger partial charge in [0.2, 0.25) is 5.91 Å². The molecule has 0 saturated heterocycles. The molecule has 0 saturated carbocycles. The van der Waals surface area contributed by atoms with Gasteiger partial charge in [-0.25, -0.2) is 0 Å². The number of aromatic nitrogens is 3. The molecule has 0 bridgehead atoms. The highest BCUT2D eigenvalue weighted by Gasteiger charge is 2.12. The molecule has 1 heterocycles. The van der Waals surface area contributed by atoms with Crippen molar-refractivity contribution in [2.45, 2.75) is 12.1 Å². The standard InChI is InChI=1S/C25H23N5O3S/c1-17-7-13-20(14-8-17)30-16-26-29-25(30)34-15-23(31)27-19-11-9-18(10-12-19)24(32)28-21-5-3-4-6-22(21)33-2/h3-14,16H,15H2,1-2H3,(H,27,31)(H,28,32). The van der Waals surface area contributed by atoms with E-state index in [0.717, 1.165) is 11.3 Å². The van der Waals surface area contributed by atoms with Crippen molar-refractivity contribution in [1.29, 1.82) is 0 Å². The van der Waals surface area contributed by atoms with Gasteiger partial charge in [0.05, 0.1) is 18.6 Å². The lowest BCUT2D eigenvalue weighted by Crippen LogP contribution is -2.15. The summed E-state index contributed by atoms with van der Waals surface area (Å²) in [6, 6.07) is 21.9. The summed E-state index contributed by atoms with van der Waals surface area (Å²) in [7, 11) is 1.55. The Hall–Kier alpha value is -4.11. The Morgan fingerprint density at radius 2 is 1.71 bits per heavy atom. The molecule has 9 heteroatoms. The molecular formula is C25H23N5O3S. The lowest BCUT2D eigenvalue weighted by molar-refractivity contribution is -0.113. The number of methoxy groups -OCH3 is 1. The van der Waals surface area contributed by atoms with Gasteiger partial charge >= 0.3 is 0 Å². The summed E-state index contributed by atoms with van der Waals surface area (Å²) >= 11 is 1.29. The molecule has 0 radical (unpaired) electrons. The zero-order valence-corrected chi connectivity index (χ0v) is 19.5. The minimum atomic E-state index is -0.270. The van der Waals surface area contributed by atoms with Gasteiger partial charge in [0.1, 0.15) is 12.1 Å². The molecule has 0 atom stereocenters. The average Bonchev–Trinajstić information content (AvgIpc) is 3.32. The van der Waals surface area contributed by atoms with Crippen molar-refractivity contribution in [1.82, 2.24) is 14.8 Å². The highest BCUT2D eigenvalue weighted by molar-refractivity contribution is 7.99. The van der Waals surface area contributed by atoms with E-state index in [1.54, 1.807) is 49.8 Å². The number of amides is 2. The first-order valence-electron chi connectivity index (χ1n) is 10.5. The van der Waals surface area contributed by atoms with Crippen LogP contribution in [0.15, 0.2) is 84.3 Å². The first-order valence-corrected chi connectivity index (χ1v) is 11.5. The van der Waals surface area contributed by atoms with Crippen LogP contribution in [0.3, 0.4) is 0 Å². The van der Waals surface area contributed by atoms with Crippen LogP contribution >= 0.6 is 11.8 Å². The van der Waals surface area contributed by atoms with Crippen LogP contribution < -0.4 is 15.4 Å². The summed E-state index contributed by atoms with van der Waals surface area (Å²) in [5, 5.41) is 14.4. The third kappa shape index (κ3) is 5.62. The van der Waals surface area contributed by atoms with Crippen LogP contribution in [0.25, 0.3) is 5.69 Å². The molecule has 0 aliphatic heterocycles. The average molecular weight is 474 g/mol. The number of para-hydroxylation sites is 2. The van der Waals surface area contributed by atoms with Crippen LogP contribution in [0.2, 0.25) is 0 Å². The van der Waals surface area contributed by atoms with E-state index in [-0.39, 0.29) is 17.6 Å². The highest BCUT2D eigenvalue weighted by atomic mass is 32.2. The minimum Gasteiger partial charge on any atom is -0.495 e. The Morgan fingerprint density at radius 1 is 0.971 bits per heavy atom. The Bertz CT molecular complexity index is 1290. The van der Waals surface area contributed by atoms with Crippen molar-refractivity contribution in [2.24, 2.45) is 0 Å². The summed E-state index contributed by atoms with van der Waals surface area (Å²) in [4.78, 5) is 25.0. The molecule has 4 aromatic rings. The fraction of sp³-hybridized carbons (Fsp3) is 0.120. The second-order valence-electron chi connectivity index (χ2n) is 7.39. The molecule has 0 spiro atoms. The topological polar surface area (TPSA) is 98.1 Å². The predicted molar refractivity (Wildman–Crippen MR) is 133 cm³/mol. The molecule has 4 rings (SSSR count). The SMILES string of the molecule is COc1ccccc1NC(=O)c1ccc(NC(=O)CSc2nncn2-c2ccc(C)cc2)cc1. The van der Waals surface area contributed by atoms with Crippen molar-refractivity contribution >= 4 is 35.0 Å². The zero-order valence-electron chi connectivity index (χ0n) is 18.7. The fourth-order valence-corrected chi connectivity index (χ4v) is 3.91. The van der Waals surface area contributed by atoms with Crippen LogP contribution in [0, 0.1) is 6.92 Å². The Morgan fingerprint density at radius 3 is 2.44 bits per heavy atom. The summed E-state index contributed by atoms with van der Waals surface area (Å²) < 4.78 is 7.10. The number of ether oxygens (including phenoxy) is 1. The van der Waals surface area contributed by atoms with Crippen LogP contribution in [0.4, 0.5) is 11.4 Å². The second kappa shape index (κ2) is 10.7. The number of rotatable bonds is 8. The molecule has 172 valence electrons. The predicted octanol–water partition coefficient (Wildman–Crippen LogP) is 4.57. The first-order chi connectivity index (χ1) is 16.5. The quantitative estimate of drug-likeness (QED) is 0.364. The molecule has 0 unspecified atom stereocenters. The Balaban J connectivity index is 1.33. The summed E-state index contributed by atoms with van der Waals surface area (Å²) in [6.45, 7) is 2.02. The number of nitrogens with one attached hydrogen (secondary N) is 2. The van der Waals surface area contributed by atoms with Gasteiger partial charge in [-0.3, -0.25) is 14.2 Å². The lowest BCUT2D eigenvalue weighted by atomic mass is 10.2. The molecule has 3 aromatic carbocycles. The van der Waals surface area contributed by atoms with Gasteiger partial charge in [-0.2, -0.15) is 0 Å². The molecule has 2 amide bonds. The van der Waals surface area contributed by atoms with Crippen molar-refractivity contribution in [2.75, 3.05) is 23.5 Å². The molecule has 8 nitrogen and oxygen atoms in total. The van der Waals surface area contributed by atoms with Gasteiger partial charge in [0.25, 0.3) is 5.91 Å². The van der Waals surface area contributed by atoms with Gasteiger partial charge in [-0.05, 0) is 55.5 Å². The minimum absolute atomic E-state index is 0.167. The van der Waals surface area contributed by atoms with Gasteiger partial charge in [0, 0.05) is 16.9 Å². The summed E-state index contributed by atoms with van der Waals surface area (Å²) in [5.74, 6) is 0.291. The number of anilines is 2. The van der Waals surface area contributed by atoms with Crippen molar-refractivity contribution in [3.63, 3.8) is 0 Å². The van der Waals surface area contributed by atoms with E-state index in [0.29, 0.717) is 27.8 Å². The van der Waals surface area contributed by atoms with Crippen LogP contribution in [0.1, 0.15) is 15.9 Å². The Kier molecular flexibility index (Phi) is 7.24. The molecule has 1 aromatic heterocycles. The maximum Gasteiger partial charge on any atom is 0.255 e. The fourth-order valence-electron chi connectivity index (χ4n) is 3.18.